The number of fused-ring (bicyclic) bond motifs is 10. The van der Waals surface area contributed by atoms with Crippen LogP contribution in [-0.4, -0.2) is 4.57 Å². The van der Waals surface area contributed by atoms with Crippen molar-refractivity contribution in [1.29, 1.82) is 0 Å². The average Bonchev–Trinajstić information content (AvgIpc) is 1.23. The van der Waals surface area contributed by atoms with E-state index in [0.29, 0.717) is 0 Å². The maximum atomic E-state index is 2.56. The Bertz CT molecular complexity index is 4940. The highest BCUT2D eigenvalue weighted by molar-refractivity contribution is 6.10. The lowest BCUT2D eigenvalue weighted by atomic mass is 9.65. The number of hydrogen-bond donors (Lipinski definition) is 0. The zero-order valence-corrected chi connectivity index (χ0v) is 49.8. The van der Waals surface area contributed by atoms with E-state index >= 15 is 0 Å². The molecule has 0 radical (unpaired) electrons. The van der Waals surface area contributed by atoms with E-state index in [2.05, 4.69) is 351 Å². The first kappa shape index (κ1) is 51.7. The molecule has 0 amide bonds. The third-order valence-electron chi connectivity index (χ3n) is 19.8. The molecule has 14 aromatic rings. The molecule has 3 heteroatoms. The van der Waals surface area contributed by atoms with Crippen LogP contribution in [-0.2, 0) is 16.2 Å². The van der Waals surface area contributed by atoms with E-state index in [-0.39, 0.29) is 10.8 Å². The lowest BCUT2D eigenvalue weighted by molar-refractivity contribution is 0.597. The van der Waals surface area contributed by atoms with Gasteiger partial charge in [-0.25, -0.2) is 0 Å². The van der Waals surface area contributed by atoms with Gasteiger partial charge in [0.2, 0.25) is 0 Å². The summed E-state index contributed by atoms with van der Waals surface area (Å²) < 4.78 is 2.38. The Balaban J connectivity index is 0.837. The van der Waals surface area contributed by atoms with Crippen molar-refractivity contribution in [3.63, 3.8) is 0 Å². The van der Waals surface area contributed by atoms with Gasteiger partial charge in [-0.2, -0.15) is 0 Å². The molecule has 13 aromatic carbocycles. The van der Waals surface area contributed by atoms with E-state index < -0.39 is 5.41 Å². The molecule has 1 aromatic heterocycles. The molecule has 17 rings (SSSR count). The topological polar surface area (TPSA) is 11.4 Å². The summed E-state index contributed by atoms with van der Waals surface area (Å²) in [5, 5.41) is 2.48. The van der Waals surface area contributed by atoms with Crippen LogP contribution in [0, 0.1) is 0 Å². The Morgan fingerprint density at radius 2 is 0.705 bits per heavy atom. The standard InChI is InChI=1S/C85H63N3/c1-83(2)72-32-18-21-35-80(72)88-81-36-22-19-33-73(81)84(3,4)77-54-61(53-76(83)82(77)88)60-41-48-68-69-49-47-67(55-75(69)85(74(68)52-60,62-25-11-6-12-26-62)63-27-13-7-14-28-63)86(65-43-37-57(38-44-65)56-23-9-5-10-24-56)66-45-39-58(40-46-66)59-42-50-79-71(51-59)70-31-17-20-34-78(70)87(79)64-29-15-8-16-30-64/h5-55H,1-4H3. The molecular formula is C85H63N3. The normalized spacial score (nSPS) is 14.4. The second-order valence-electron chi connectivity index (χ2n) is 25.2. The van der Waals surface area contributed by atoms with Crippen LogP contribution in [0.1, 0.15) is 72.2 Å². The van der Waals surface area contributed by atoms with Crippen LogP contribution in [0.3, 0.4) is 0 Å². The van der Waals surface area contributed by atoms with Gasteiger partial charge in [0, 0.05) is 44.4 Å². The van der Waals surface area contributed by atoms with Crippen LogP contribution in [0.2, 0.25) is 0 Å². The minimum absolute atomic E-state index is 0.259. The summed E-state index contributed by atoms with van der Waals surface area (Å²) in [6.45, 7) is 9.69. The second-order valence-corrected chi connectivity index (χ2v) is 25.2. The van der Waals surface area contributed by atoms with Crippen LogP contribution in [0.4, 0.5) is 34.1 Å². The molecule has 418 valence electrons. The summed E-state index contributed by atoms with van der Waals surface area (Å²) in [5.74, 6) is 0. The van der Waals surface area contributed by atoms with E-state index in [1.165, 1.54) is 122 Å². The van der Waals surface area contributed by atoms with Crippen LogP contribution in [0.15, 0.2) is 309 Å². The predicted molar refractivity (Wildman–Crippen MR) is 368 cm³/mol. The molecule has 0 unspecified atom stereocenters. The first-order chi connectivity index (χ1) is 43.2. The maximum Gasteiger partial charge on any atom is 0.0714 e. The monoisotopic (exact) mass is 1130 g/mol. The van der Waals surface area contributed by atoms with Gasteiger partial charge in [-0.05, 0) is 186 Å². The summed E-state index contributed by atoms with van der Waals surface area (Å²) in [4.78, 5) is 5.01. The Morgan fingerprint density at radius 3 is 1.31 bits per heavy atom. The Labute approximate surface area is 515 Å². The van der Waals surface area contributed by atoms with Gasteiger partial charge in [-0.3, -0.25) is 0 Å². The summed E-state index contributed by atoms with van der Waals surface area (Å²) in [6, 6.07) is 116. The first-order valence-electron chi connectivity index (χ1n) is 30.9. The minimum atomic E-state index is -0.677. The molecule has 0 N–H and O–H groups in total. The molecule has 3 aliphatic rings. The molecule has 3 nitrogen and oxygen atoms in total. The van der Waals surface area contributed by atoms with E-state index in [4.69, 9.17) is 0 Å². The van der Waals surface area contributed by atoms with Crippen molar-refractivity contribution >= 4 is 55.9 Å². The average molecular weight is 1130 g/mol. The van der Waals surface area contributed by atoms with Crippen molar-refractivity contribution in [3.8, 4) is 50.2 Å². The number of aromatic nitrogens is 1. The zero-order chi connectivity index (χ0) is 58.9. The highest BCUT2D eigenvalue weighted by Gasteiger charge is 2.48. The van der Waals surface area contributed by atoms with Gasteiger partial charge in [-0.15, -0.1) is 0 Å². The third kappa shape index (κ3) is 7.63. The number of nitrogens with zero attached hydrogens (tertiary/aromatic N) is 3. The largest absolute Gasteiger partial charge is 0.310 e. The van der Waals surface area contributed by atoms with Gasteiger partial charge in [-0.1, -0.05) is 240 Å². The highest BCUT2D eigenvalue weighted by atomic mass is 15.2. The summed E-state index contributed by atoms with van der Waals surface area (Å²) in [6.07, 6.45) is 0. The van der Waals surface area contributed by atoms with Crippen molar-refractivity contribution in [2.24, 2.45) is 0 Å². The van der Waals surface area contributed by atoms with Gasteiger partial charge in [0.05, 0.1) is 33.5 Å². The van der Waals surface area contributed by atoms with Crippen LogP contribution >= 0.6 is 0 Å². The van der Waals surface area contributed by atoms with Crippen molar-refractivity contribution in [3.05, 3.63) is 354 Å². The Kier molecular flexibility index (Phi) is 11.5. The molecule has 0 bridgehead atoms. The van der Waals surface area contributed by atoms with Gasteiger partial charge in [0.15, 0.2) is 0 Å². The molecule has 88 heavy (non-hydrogen) atoms. The van der Waals surface area contributed by atoms with Gasteiger partial charge >= 0.3 is 0 Å². The van der Waals surface area contributed by atoms with Crippen LogP contribution in [0.25, 0.3) is 72.0 Å². The van der Waals surface area contributed by atoms with Gasteiger partial charge < -0.3 is 14.4 Å². The van der Waals surface area contributed by atoms with Gasteiger partial charge in [0.25, 0.3) is 0 Å². The molecule has 0 saturated heterocycles. The van der Waals surface area contributed by atoms with Crippen molar-refractivity contribution in [2.75, 3.05) is 9.80 Å². The summed E-state index contributed by atoms with van der Waals surface area (Å²) in [5.41, 5.74) is 29.5. The minimum Gasteiger partial charge on any atom is -0.310 e. The fourth-order valence-corrected chi connectivity index (χ4v) is 15.5. The number of para-hydroxylation sites is 4. The molecule has 2 aliphatic heterocycles. The van der Waals surface area contributed by atoms with E-state index in [9.17, 15) is 0 Å². The highest BCUT2D eigenvalue weighted by Crippen LogP contribution is 2.62. The van der Waals surface area contributed by atoms with Crippen molar-refractivity contribution in [1.82, 2.24) is 4.57 Å². The number of hydrogen-bond acceptors (Lipinski definition) is 2. The second kappa shape index (κ2) is 19.7. The lowest BCUT2D eigenvalue weighted by Crippen LogP contribution is -2.38. The fourth-order valence-electron chi connectivity index (χ4n) is 15.5. The van der Waals surface area contributed by atoms with E-state index in [1.54, 1.807) is 0 Å². The predicted octanol–water partition coefficient (Wildman–Crippen LogP) is 22.4. The summed E-state index contributed by atoms with van der Waals surface area (Å²) in [7, 11) is 0. The van der Waals surface area contributed by atoms with E-state index in [0.717, 1.165) is 28.3 Å². The Morgan fingerprint density at radius 1 is 0.284 bits per heavy atom. The number of rotatable bonds is 9. The molecule has 0 spiro atoms. The quantitative estimate of drug-likeness (QED) is 0.143. The van der Waals surface area contributed by atoms with Crippen LogP contribution < -0.4 is 9.80 Å². The number of anilines is 6. The first-order valence-corrected chi connectivity index (χ1v) is 30.9. The lowest BCUT2D eigenvalue weighted by Gasteiger charge is -2.49. The summed E-state index contributed by atoms with van der Waals surface area (Å²) >= 11 is 0. The molecule has 0 fully saturated rings. The SMILES string of the molecule is CC1(C)c2ccccc2N2c3ccccc3C(C)(C)c3cc(-c4ccc5c(c4)C(c4ccccc4)(c4ccccc4)c4cc(N(c6ccc(-c7ccccc7)cc6)c6ccc(-c7ccc8c(c7)c7ccccc7n8-c7ccccc7)cc6)ccc4-5)cc1c32. The molecular weight excluding hydrogens is 1060 g/mol. The van der Waals surface area contributed by atoms with Crippen molar-refractivity contribution in [2.45, 2.75) is 43.9 Å². The smallest absolute Gasteiger partial charge is 0.0714 e. The van der Waals surface area contributed by atoms with Gasteiger partial charge in [0.1, 0.15) is 0 Å². The Hall–Kier alpha value is -10.7. The van der Waals surface area contributed by atoms with Crippen molar-refractivity contribution < 1.29 is 0 Å². The zero-order valence-electron chi connectivity index (χ0n) is 49.8. The number of benzene rings is 13. The molecule has 0 saturated carbocycles. The van der Waals surface area contributed by atoms with E-state index in [1.807, 2.05) is 0 Å². The molecule has 1 aliphatic carbocycles. The van der Waals surface area contributed by atoms with Crippen LogP contribution in [0.5, 0.6) is 0 Å². The molecule has 0 atom stereocenters. The maximum absolute atomic E-state index is 2.56. The third-order valence-corrected chi connectivity index (χ3v) is 19.8. The fraction of sp³-hybridized carbons (Fsp3) is 0.0824. The molecule has 3 heterocycles.